The quantitative estimate of drug-likeness (QED) is 0.852. The van der Waals surface area contributed by atoms with Crippen molar-refractivity contribution in [1.29, 1.82) is 0 Å². The average molecular weight is 319 g/mol. The van der Waals surface area contributed by atoms with E-state index in [-0.39, 0.29) is 5.56 Å². The Labute approximate surface area is 133 Å². The van der Waals surface area contributed by atoms with Gasteiger partial charge < -0.3 is 4.74 Å². The van der Waals surface area contributed by atoms with Crippen molar-refractivity contribution in [3.8, 4) is 5.75 Å². The summed E-state index contributed by atoms with van der Waals surface area (Å²) >= 11 is 5.91. The minimum atomic E-state index is -0.482. The van der Waals surface area contributed by atoms with Crippen molar-refractivity contribution in [3.05, 3.63) is 64.7 Å². The van der Waals surface area contributed by atoms with E-state index >= 15 is 0 Å². The van der Waals surface area contributed by atoms with Gasteiger partial charge in [-0.1, -0.05) is 23.7 Å². The topological polar surface area (TPSA) is 67.4 Å². The number of amides is 2. The maximum Gasteiger partial charge on any atom is 0.271 e. The SMILES string of the molecule is CCOc1ccc(C(=O)NNC(=O)c2ccccc2Cl)cc1. The van der Waals surface area contributed by atoms with Crippen molar-refractivity contribution in [2.45, 2.75) is 6.92 Å². The van der Waals surface area contributed by atoms with Crippen LogP contribution in [0.3, 0.4) is 0 Å². The van der Waals surface area contributed by atoms with Gasteiger partial charge in [-0.2, -0.15) is 0 Å². The number of nitrogens with one attached hydrogen (secondary N) is 2. The first-order chi connectivity index (χ1) is 10.6. The third-order valence-corrected chi connectivity index (χ3v) is 3.17. The molecule has 0 atom stereocenters. The van der Waals surface area contributed by atoms with Crippen molar-refractivity contribution < 1.29 is 14.3 Å². The number of benzene rings is 2. The number of hydrazine groups is 1. The van der Waals surface area contributed by atoms with Crippen LogP contribution in [0, 0.1) is 0 Å². The maximum atomic E-state index is 11.9. The molecule has 0 radical (unpaired) electrons. The van der Waals surface area contributed by atoms with Crippen molar-refractivity contribution in [2.24, 2.45) is 0 Å². The maximum absolute atomic E-state index is 11.9. The molecule has 2 amide bonds. The summed E-state index contributed by atoms with van der Waals surface area (Å²) in [5.74, 6) is -0.229. The summed E-state index contributed by atoms with van der Waals surface area (Å²) in [6.45, 7) is 2.43. The Morgan fingerprint density at radius 3 is 2.27 bits per heavy atom. The summed E-state index contributed by atoms with van der Waals surface area (Å²) in [7, 11) is 0. The minimum absolute atomic E-state index is 0.288. The molecule has 0 unspecified atom stereocenters. The normalized spacial score (nSPS) is 9.91. The van der Waals surface area contributed by atoms with Crippen LogP contribution in [0.25, 0.3) is 0 Å². The summed E-state index contributed by atoms with van der Waals surface area (Å²) in [6, 6.07) is 13.2. The lowest BCUT2D eigenvalue weighted by atomic mass is 10.2. The molecule has 0 aliphatic heterocycles. The van der Waals surface area contributed by atoms with E-state index in [1.807, 2.05) is 6.92 Å². The van der Waals surface area contributed by atoms with E-state index in [0.717, 1.165) is 0 Å². The van der Waals surface area contributed by atoms with Crippen LogP contribution in [0.4, 0.5) is 0 Å². The van der Waals surface area contributed by atoms with Gasteiger partial charge in [0.2, 0.25) is 0 Å². The zero-order chi connectivity index (χ0) is 15.9. The molecular weight excluding hydrogens is 304 g/mol. The predicted molar refractivity (Wildman–Crippen MR) is 84.0 cm³/mol. The number of carbonyl (C=O) groups is 2. The smallest absolute Gasteiger partial charge is 0.271 e. The molecule has 6 heteroatoms. The highest BCUT2D eigenvalue weighted by Crippen LogP contribution is 2.14. The van der Waals surface area contributed by atoms with E-state index < -0.39 is 11.8 Å². The summed E-state index contributed by atoms with van der Waals surface area (Å²) in [4.78, 5) is 23.8. The van der Waals surface area contributed by atoms with E-state index in [4.69, 9.17) is 16.3 Å². The molecule has 22 heavy (non-hydrogen) atoms. The monoisotopic (exact) mass is 318 g/mol. The third kappa shape index (κ3) is 3.99. The lowest BCUT2D eigenvalue weighted by Gasteiger charge is -2.09. The van der Waals surface area contributed by atoms with Gasteiger partial charge in [-0.25, -0.2) is 0 Å². The second-order valence-electron chi connectivity index (χ2n) is 4.35. The Bertz CT molecular complexity index is 671. The summed E-state index contributed by atoms with van der Waals surface area (Å²) < 4.78 is 5.29. The lowest BCUT2D eigenvalue weighted by Crippen LogP contribution is -2.41. The first kappa shape index (κ1) is 15.9. The molecule has 0 bridgehead atoms. The molecule has 2 aromatic carbocycles. The lowest BCUT2D eigenvalue weighted by molar-refractivity contribution is 0.0846. The van der Waals surface area contributed by atoms with E-state index in [1.54, 1.807) is 48.5 Å². The Morgan fingerprint density at radius 1 is 1.00 bits per heavy atom. The Morgan fingerprint density at radius 2 is 1.64 bits per heavy atom. The fraction of sp³-hybridized carbons (Fsp3) is 0.125. The van der Waals surface area contributed by atoms with Gasteiger partial charge in [-0.05, 0) is 43.3 Å². The molecule has 114 valence electrons. The van der Waals surface area contributed by atoms with Crippen LogP contribution in [0.2, 0.25) is 5.02 Å². The van der Waals surface area contributed by atoms with Gasteiger partial charge in [-0.15, -0.1) is 0 Å². The zero-order valence-corrected chi connectivity index (χ0v) is 12.7. The number of carbonyl (C=O) groups excluding carboxylic acids is 2. The van der Waals surface area contributed by atoms with Crippen molar-refractivity contribution >= 4 is 23.4 Å². The Balaban J connectivity index is 1.95. The first-order valence-corrected chi connectivity index (χ1v) is 7.07. The van der Waals surface area contributed by atoms with Crippen LogP contribution < -0.4 is 15.6 Å². The first-order valence-electron chi connectivity index (χ1n) is 6.70. The highest BCUT2D eigenvalue weighted by molar-refractivity contribution is 6.33. The van der Waals surface area contributed by atoms with E-state index in [9.17, 15) is 9.59 Å². The molecule has 2 aromatic rings. The Kier molecular flexibility index (Phi) is 5.38. The highest BCUT2D eigenvalue weighted by Gasteiger charge is 2.11. The molecule has 0 aliphatic rings. The second kappa shape index (κ2) is 7.47. The highest BCUT2D eigenvalue weighted by atomic mass is 35.5. The average Bonchev–Trinajstić information content (AvgIpc) is 2.54. The van der Waals surface area contributed by atoms with Gasteiger partial charge in [0.05, 0.1) is 17.2 Å². The molecule has 2 N–H and O–H groups in total. The van der Waals surface area contributed by atoms with Crippen molar-refractivity contribution in [2.75, 3.05) is 6.61 Å². The summed E-state index contributed by atoms with van der Waals surface area (Å²) in [6.07, 6.45) is 0. The summed E-state index contributed by atoms with van der Waals surface area (Å²) in [5, 5.41) is 0.315. The fourth-order valence-corrected chi connectivity index (χ4v) is 1.99. The minimum Gasteiger partial charge on any atom is -0.494 e. The van der Waals surface area contributed by atoms with Gasteiger partial charge >= 0.3 is 0 Å². The van der Waals surface area contributed by atoms with Gasteiger partial charge in [0, 0.05) is 5.56 Å². The molecule has 0 aliphatic carbocycles. The molecule has 0 heterocycles. The zero-order valence-electron chi connectivity index (χ0n) is 11.9. The molecule has 0 aromatic heterocycles. The van der Waals surface area contributed by atoms with Crippen LogP contribution in [-0.2, 0) is 0 Å². The third-order valence-electron chi connectivity index (χ3n) is 2.84. The van der Waals surface area contributed by atoms with Crippen LogP contribution >= 0.6 is 11.6 Å². The number of ether oxygens (including phenoxy) is 1. The molecule has 0 spiro atoms. The van der Waals surface area contributed by atoms with Crippen molar-refractivity contribution in [1.82, 2.24) is 10.9 Å². The number of rotatable bonds is 4. The number of halogens is 1. The van der Waals surface area contributed by atoms with E-state index in [1.165, 1.54) is 0 Å². The summed E-state index contributed by atoms with van der Waals surface area (Å²) in [5.41, 5.74) is 5.36. The van der Waals surface area contributed by atoms with Gasteiger partial charge in [0.25, 0.3) is 11.8 Å². The Hall–Kier alpha value is -2.53. The van der Waals surface area contributed by atoms with E-state index in [0.29, 0.717) is 22.9 Å². The largest absolute Gasteiger partial charge is 0.494 e. The molecule has 5 nitrogen and oxygen atoms in total. The molecule has 2 rings (SSSR count). The number of hydrogen-bond acceptors (Lipinski definition) is 3. The fourth-order valence-electron chi connectivity index (χ4n) is 1.77. The van der Waals surface area contributed by atoms with Crippen LogP contribution in [0.1, 0.15) is 27.6 Å². The van der Waals surface area contributed by atoms with Crippen LogP contribution in [0.15, 0.2) is 48.5 Å². The van der Waals surface area contributed by atoms with Crippen molar-refractivity contribution in [3.63, 3.8) is 0 Å². The standard InChI is InChI=1S/C16H15ClN2O3/c1-2-22-12-9-7-11(8-10-12)15(20)18-19-16(21)13-5-3-4-6-14(13)17/h3-10H,2H2,1H3,(H,18,20)(H,19,21). The van der Waals surface area contributed by atoms with Gasteiger partial charge in [0.1, 0.15) is 5.75 Å². The van der Waals surface area contributed by atoms with Crippen LogP contribution in [0.5, 0.6) is 5.75 Å². The van der Waals surface area contributed by atoms with Gasteiger partial charge in [0.15, 0.2) is 0 Å². The number of hydrogen-bond donors (Lipinski definition) is 2. The molecular formula is C16H15ClN2O3. The van der Waals surface area contributed by atoms with Crippen LogP contribution in [-0.4, -0.2) is 18.4 Å². The molecule has 0 fully saturated rings. The second-order valence-corrected chi connectivity index (χ2v) is 4.75. The van der Waals surface area contributed by atoms with E-state index in [2.05, 4.69) is 10.9 Å². The predicted octanol–water partition coefficient (Wildman–Crippen LogP) is 2.81. The molecule has 0 saturated heterocycles. The van der Waals surface area contributed by atoms with Gasteiger partial charge in [-0.3, -0.25) is 20.4 Å². The molecule has 0 saturated carbocycles.